The van der Waals surface area contributed by atoms with Crippen LogP contribution < -0.4 is 0 Å². The number of hydrogen-bond acceptors (Lipinski definition) is 2. The molecule has 0 bridgehead atoms. The van der Waals surface area contributed by atoms with Crippen LogP contribution in [0.3, 0.4) is 0 Å². The van der Waals surface area contributed by atoms with Gasteiger partial charge in [-0.25, -0.2) is 4.68 Å². The third kappa shape index (κ3) is 3.02. The molecule has 4 nitrogen and oxygen atoms in total. The number of benzene rings is 1. The van der Waals surface area contributed by atoms with Crippen LogP contribution in [0.2, 0.25) is 5.02 Å². The highest BCUT2D eigenvalue weighted by Gasteiger charge is 2.29. The Bertz CT molecular complexity index is 680. The molecule has 1 aromatic carbocycles. The number of carbonyl (C=O) groups is 1. The van der Waals surface area contributed by atoms with Crippen molar-refractivity contribution in [3.05, 3.63) is 47.2 Å². The van der Waals surface area contributed by atoms with Gasteiger partial charge < -0.3 is 4.90 Å². The van der Waals surface area contributed by atoms with E-state index in [0.717, 1.165) is 25.2 Å². The molecule has 1 atom stereocenters. The molecule has 2 heterocycles. The molecule has 0 saturated carbocycles. The van der Waals surface area contributed by atoms with Gasteiger partial charge in [-0.3, -0.25) is 4.79 Å². The van der Waals surface area contributed by atoms with Gasteiger partial charge in [-0.2, -0.15) is 5.10 Å². The lowest BCUT2D eigenvalue weighted by atomic mass is 9.95. The number of rotatable bonds is 3. The normalized spacial score (nSPS) is 18.2. The fourth-order valence-electron chi connectivity index (χ4n) is 2.89. The van der Waals surface area contributed by atoms with Crippen molar-refractivity contribution in [1.82, 2.24) is 14.7 Å². The maximum atomic E-state index is 12.6. The maximum Gasteiger partial charge on any atom is 0.257 e. The Morgan fingerprint density at radius 1 is 1.41 bits per heavy atom. The summed E-state index contributed by atoms with van der Waals surface area (Å²) >= 11 is 6.00. The summed E-state index contributed by atoms with van der Waals surface area (Å²) in [6.07, 6.45) is 4.49. The summed E-state index contributed by atoms with van der Waals surface area (Å²) in [7, 11) is 0. The quantitative estimate of drug-likeness (QED) is 0.866. The van der Waals surface area contributed by atoms with Gasteiger partial charge in [0, 0.05) is 24.3 Å². The highest BCUT2D eigenvalue weighted by molar-refractivity contribution is 6.30. The molecule has 0 spiro atoms. The molecule has 2 aromatic rings. The second kappa shape index (κ2) is 6.13. The summed E-state index contributed by atoms with van der Waals surface area (Å²) < 4.78 is 1.69. The fourth-order valence-corrected chi connectivity index (χ4v) is 3.08. The van der Waals surface area contributed by atoms with E-state index in [1.54, 1.807) is 17.1 Å². The first-order valence-corrected chi connectivity index (χ1v) is 8.02. The van der Waals surface area contributed by atoms with Gasteiger partial charge >= 0.3 is 0 Å². The van der Waals surface area contributed by atoms with Crippen molar-refractivity contribution in [3.8, 4) is 5.69 Å². The Balaban J connectivity index is 1.75. The first kappa shape index (κ1) is 15.1. The van der Waals surface area contributed by atoms with Gasteiger partial charge in [0.15, 0.2) is 0 Å². The van der Waals surface area contributed by atoms with Crippen LogP contribution in [-0.4, -0.2) is 33.7 Å². The molecule has 1 saturated heterocycles. The van der Waals surface area contributed by atoms with Crippen LogP contribution in [0, 0.1) is 11.8 Å². The van der Waals surface area contributed by atoms with E-state index in [1.165, 1.54) is 0 Å². The van der Waals surface area contributed by atoms with Crippen molar-refractivity contribution < 1.29 is 4.79 Å². The minimum atomic E-state index is 0.0661. The Labute approximate surface area is 135 Å². The highest BCUT2D eigenvalue weighted by Crippen LogP contribution is 2.25. The van der Waals surface area contributed by atoms with Crippen molar-refractivity contribution in [3.63, 3.8) is 0 Å². The van der Waals surface area contributed by atoms with E-state index < -0.39 is 0 Å². The van der Waals surface area contributed by atoms with Crippen LogP contribution in [0.25, 0.3) is 5.69 Å². The van der Waals surface area contributed by atoms with Crippen LogP contribution in [0.4, 0.5) is 0 Å². The Morgan fingerprint density at radius 2 is 2.23 bits per heavy atom. The Hall–Kier alpha value is -1.81. The molecule has 0 aliphatic carbocycles. The molecule has 0 unspecified atom stereocenters. The van der Waals surface area contributed by atoms with Crippen LogP contribution in [0.1, 0.15) is 30.6 Å². The molecule has 1 aliphatic rings. The number of halogens is 1. The van der Waals surface area contributed by atoms with Crippen molar-refractivity contribution in [2.24, 2.45) is 11.8 Å². The van der Waals surface area contributed by atoms with Crippen LogP contribution in [0.5, 0.6) is 0 Å². The smallest absolute Gasteiger partial charge is 0.257 e. The van der Waals surface area contributed by atoms with E-state index in [-0.39, 0.29) is 5.91 Å². The van der Waals surface area contributed by atoms with Gasteiger partial charge in [0.05, 0.1) is 17.4 Å². The molecule has 3 rings (SSSR count). The largest absolute Gasteiger partial charge is 0.338 e. The van der Waals surface area contributed by atoms with Gasteiger partial charge in [-0.1, -0.05) is 31.5 Å². The standard InChI is InChI=1S/C17H20ClN3O/c1-12(2)13-6-7-20(10-13)17(22)14-9-19-21(11-14)16-5-3-4-15(18)8-16/h3-5,8-9,11-13H,6-7,10H2,1-2H3/t13-/m1/s1. The topological polar surface area (TPSA) is 38.1 Å². The number of amides is 1. The molecule has 1 aromatic heterocycles. The van der Waals surface area contributed by atoms with Crippen LogP contribution >= 0.6 is 11.6 Å². The zero-order chi connectivity index (χ0) is 15.7. The van der Waals surface area contributed by atoms with Gasteiger partial charge in [0.1, 0.15) is 0 Å². The number of carbonyl (C=O) groups excluding carboxylic acids is 1. The van der Waals surface area contributed by atoms with Gasteiger partial charge in [-0.15, -0.1) is 0 Å². The van der Waals surface area contributed by atoms with E-state index in [9.17, 15) is 4.79 Å². The number of hydrogen-bond donors (Lipinski definition) is 0. The molecule has 1 amide bonds. The van der Waals surface area contributed by atoms with Gasteiger partial charge in [0.25, 0.3) is 5.91 Å². The van der Waals surface area contributed by atoms with Crippen molar-refractivity contribution in [2.75, 3.05) is 13.1 Å². The Kier molecular flexibility index (Phi) is 4.21. The fraction of sp³-hybridized carbons (Fsp3) is 0.412. The zero-order valence-electron chi connectivity index (χ0n) is 12.9. The van der Waals surface area contributed by atoms with Gasteiger partial charge in [0.2, 0.25) is 0 Å². The predicted octanol–water partition coefficient (Wildman–Crippen LogP) is 3.64. The minimum Gasteiger partial charge on any atom is -0.338 e. The van der Waals surface area contributed by atoms with Crippen molar-refractivity contribution in [2.45, 2.75) is 20.3 Å². The summed E-state index contributed by atoms with van der Waals surface area (Å²) in [5.41, 5.74) is 1.48. The molecule has 1 aliphatic heterocycles. The number of nitrogens with zero attached hydrogens (tertiary/aromatic N) is 3. The zero-order valence-corrected chi connectivity index (χ0v) is 13.6. The van der Waals surface area contributed by atoms with E-state index in [1.807, 2.05) is 29.2 Å². The lowest BCUT2D eigenvalue weighted by Gasteiger charge is -2.17. The summed E-state index contributed by atoms with van der Waals surface area (Å²) in [4.78, 5) is 14.5. The lowest BCUT2D eigenvalue weighted by molar-refractivity contribution is 0.0784. The minimum absolute atomic E-state index is 0.0661. The third-order valence-corrected chi connectivity index (χ3v) is 4.59. The summed E-state index contributed by atoms with van der Waals surface area (Å²) in [6, 6.07) is 7.43. The van der Waals surface area contributed by atoms with E-state index >= 15 is 0 Å². The Morgan fingerprint density at radius 3 is 2.91 bits per heavy atom. The average molecular weight is 318 g/mol. The molecule has 0 radical (unpaired) electrons. The molecule has 0 N–H and O–H groups in total. The van der Waals surface area contributed by atoms with Gasteiger partial charge in [-0.05, 0) is 36.5 Å². The van der Waals surface area contributed by atoms with Crippen molar-refractivity contribution in [1.29, 1.82) is 0 Å². The van der Waals surface area contributed by atoms with E-state index in [0.29, 0.717) is 22.4 Å². The molecule has 1 fully saturated rings. The summed E-state index contributed by atoms with van der Waals surface area (Å²) in [6.45, 7) is 6.12. The average Bonchev–Trinajstić information content (AvgIpc) is 3.16. The number of likely N-dealkylation sites (tertiary alicyclic amines) is 1. The molecule has 22 heavy (non-hydrogen) atoms. The molecule has 116 valence electrons. The highest BCUT2D eigenvalue weighted by atomic mass is 35.5. The summed E-state index contributed by atoms with van der Waals surface area (Å²) in [5, 5.41) is 4.94. The monoisotopic (exact) mass is 317 g/mol. The molecular formula is C17H20ClN3O. The molecular weight excluding hydrogens is 298 g/mol. The molecule has 5 heteroatoms. The van der Waals surface area contributed by atoms with Crippen LogP contribution in [-0.2, 0) is 0 Å². The third-order valence-electron chi connectivity index (χ3n) is 4.36. The lowest BCUT2D eigenvalue weighted by Crippen LogP contribution is -2.29. The maximum absolute atomic E-state index is 12.6. The summed E-state index contributed by atoms with van der Waals surface area (Å²) in [5.74, 6) is 1.29. The van der Waals surface area contributed by atoms with Crippen LogP contribution in [0.15, 0.2) is 36.7 Å². The second-order valence-electron chi connectivity index (χ2n) is 6.20. The first-order chi connectivity index (χ1) is 10.5. The SMILES string of the molecule is CC(C)[C@@H]1CCN(C(=O)c2cnn(-c3cccc(Cl)c3)c2)C1. The van der Waals surface area contributed by atoms with E-state index in [4.69, 9.17) is 11.6 Å². The van der Waals surface area contributed by atoms with E-state index in [2.05, 4.69) is 18.9 Å². The number of aromatic nitrogens is 2. The predicted molar refractivity (Wildman–Crippen MR) is 87.4 cm³/mol. The second-order valence-corrected chi connectivity index (χ2v) is 6.63. The van der Waals surface area contributed by atoms with Crippen molar-refractivity contribution >= 4 is 17.5 Å². The first-order valence-electron chi connectivity index (χ1n) is 7.64.